The number of nitrogens with one attached hydrogen (secondary N) is 1. The second-order valence-corrected chi connectivity index (χ2v) is 10.1. The number of sulfonamides is 1. The third-order valence-corrected chi connectivity index (χ3v) is 7.31. The third-order valence-electron chi connectivity index (χ3n) is 5.16. The Morgan fingerprint density at radius 1 is 1.14 bits per heavy atom. The molecule has 2 aromatic heterocycles. The molecule has 0 unspecified atom stereocenters. The molecule has 0 bridgehead atoms. The van der Waals surface area contributed by atoms with Crippen molar-refractivity contribution in [2.75, 3.05) is 22.8 Å². The maximum atomic E-state index is 12.8. The quantitative estimate of drug-likeness (QED) is 0.372. The average Bonchev–Trinajstić information content (AvgIpc) is 3.34. The number of carbonyl (C=O) groups is 1. The molecule has 3 heterocycles. The number of alkyl halides is 3. The van der Waals surface area contributed by atoms with Crippen LogP contribution in [0.3, 0.4) is 0 Å². The molecule has 5 rings (SSSR count). The Labute approximate surface area is 206 Å². The van der Waals surface area contributed by atoms with Gasteiger partial charge in [0.15, 0.2) is 5.13 Å². The molecular formula is C22H15F3N4O5S2. The first-order chi connectivity index (χ1) is 17.1. The standard InChI is InChI=1S/C22H15F3N4O5S2/c23-22(24,25)20(30)34-14-10-13-2-1-3-17(19(13)27-12-14)29-7-8-33-18-11-15(4-5-16(18)29)36(31,32)28-21-26-6-9-35-21/h1-6,9-12H,7-8H2,(H,26,28). The summed E-state index contributed by atoms with van der Waals surface area (Å²) < 4.78 is 75.6. The molecule has 0 radical (unpaired) electrons. The molecule has 9 nitrogen and oxygen atoms in total. The van der Waals surface area contributed by atoms with Crippen LogP contribution >= 0.6 is 11.3 Å². The number of ether oxygens (including phenoxy) is 2. The van der Waals surface area contributed by atoms with Crippen LogP contribution in [0, 0.1) is 0 Å². The lowest BCUT2D eigenvalue weighted by Gasteiger charge is -2.32. The molecule has 186 valence electrons. The first-order valence-electron chi connectivity index (χ1n) is 10.3. The van der Waals surface area contributed by atoms with E-state index in [1.54, 1.807) is 29.6 Å². The maximum Gasteiger partial charge on any atom is 0.491 e. The average molecular weight is 537 g/mol. The number of anilines is 3. The van der Waals surface area contributed by atoms with E-state index in [9.17, 15) is 26.4 Å². The smallest absolute Gasteiger partial charge is 0.489 e. The van der Waals surface area contributed by atoms with Crippen molar-refractivity contribution < 1.29 is 35.9 Å². The van der Waals surface area contributed by atoms with Gasteiger partial charge in [-0.15, -0.1) is 11.3 Å². The van der Waals surface area contributed by atoms with E-state index in [2.05, 4.69) is 19.4 Å². The van der Waals surface area contributed by atoms with Gasteiger partial charge in [0.1, 0.15) is 18.1 Å². The zero-order valence-electron chi connectivity index (χ0n) is 18.0. The molecule has 2 aromatic carbocycles. The van der Waals surface area contributed by atoms with Crippen LogP contribution in [0.4, 0.5) is 29.7 Å². The molecule has 36 heavy (non-hydrogen) atoms. The second-order valence-electron chi connectivity index (χ2n) is 7.48. The Hall–Kier alpha value is -3.91. The van der Waals surface area contributed by atoms with Gasteiger partial charge in [0, 0.05) is 23.0 Å². The van der Waals surface area contributed by atoms with E-state index in [4.69, 9.17) is 4.74 Å². The van der Waals surface area contributed by atoms with Crippen molar-refractivity contribution >= 4 is 54.7 Å². The lowest BCUT2D eigenvalue weighted by atomic mass is 10.1. The molecule has 0 fully saturated rings. The summed E-state index contributed by atoms with van der Waals surface area (Å²) in [7, 11) is -3.89. The highest BCUT2D eigenvalue weighted by Crippen LogP contribution is 2.40. The van der Waals surface area contributed by atoms with Gasteiger partial charge in [-0.25, -0.2) is 18.2 Å². The van der Waals surface area contributed by atoms with E-state index in [1.165, 1.54) is 24.4 Å². The molecule has 1 aliphatic heterocycles. The summed E-state index contributed by atoms with van der Waals surface area (Å²) in [6, 6.07) is 10.8. The topological polar surface area (TPSA) is 111 Å². The summed E-state index contributed by atoms with van der Waals surface area (Å²) in [5.41, 5.74) is 1.64. The summed E-state index contributed by atoms with van der Waals surface area (Å²) >= 11 is 1.15. The SMILES string of the molecule is O=C(Oc1cnc2c(N3CCOc4cc(S(=O)(=O)Nc5nccs5)ccc43)cccc2c1)C(F)(F)F. The summed E-state index contributed by atoms with van der Waals surface area (Å²) in [6.45, 7) is 0.649. The number of esters is 1. The Morgan fingerprint density at radius 2 is 1.97 bits per heavy atom. The number of fused-ring (bicyclic) bond motifs is 2. The minimum absolute atomic E-state index is 0.00883. The van der Waals surface area contributed by atoms with Crippen LogP contribution in [0.25, 0.3) is 10.9 Å². The van der Waals surface area contributed by atoms with Crippen LogP contribution < -0.4 is 19.1 Å². The van der Waals surface area contributed by atoms with Crippen molar-refractivity contribution in [3.05, 3.63) is 60.2 Å². The number of pyridine rings is 1. The number of rotatable bonds is 5. The van der Waals surface area contributed by atoms with Gasteiger partial charge in [-0.1, -0.05) is 12.1 Å². The molecule has 0 atom stereocenters. The van der Waals surface area contributed by atoms with Gasteiger partial charge in [-0.3, -0.25) is 9.71 Å². The van der Waals surface area contributed by atoms with E-state index < -0.39 is 22.2 Å². The molecule has 4 aromatic rings. The van der Waals surface area contributed by atoms with Gasteiger partial charge in [-0.05, 0) is 24.3 Å². The predicted molar refractivity (Wildman–Crippen MR) is 125 cm³/mol. The van der Waals surface area contributed by atoms with Gasteiger partial charge in [0.05, 0.1) is 34.5 Å². The fraction of sp³-hybridized carbons (Fsp3) is 0.136. The van der Waals surface area contributed by atoms with Crippen molar-refractivity contribution in [3.8, 4) is 11.5 Å². The highest BCUT2D eigenvalue weighted by atomic mass is 32.2. The van der Waals surface area contributed by atoms with Crippen molar-refractivity contribution in [1.82, 2.24) is 9.97 Å². The number of carbonyl (C=O) groups excluding carboxylic acids is 1. The van der Waals surface area contributed by atoms with E-state index in [0.717, 1.165) is 17.5 Å². The van der Waals surface area contributed by atoms with Crippen molar-refractivity contribution in [1.29, 1.82) is 0 Å². The first-order valence-corrected chi connectivity index (χ1v) is 12.6. The molecule has 0 amide bonds. The highest BCUT2D eigenvalue weighted by Gasteiger charge is 2.41. The molecule has 0 saturated carbocycles. The maximum absolute atomic E-state index is 12.8. The van der Waals surface area contributed by atoms with Crippen LogP contribution in [0.15, 0.2) is 65.1 Å². The zero-order valence-corrected chi connectivity index (χ0v) is 19.7. The van der Waals surface area contributed by atoms with Crippen LogP contribution in [-0.2, 0) is 14.8 Å². The second kappa shape index (κ2) is 8.95. The van der Waals surface area contributed by atoms with Crippen molar-refractivity contribution in [3.63, 3.8) is 0 Å². The zero-order chi connectivity index (χ0) is 25.5. The molecule has 0 aliphatic carbocycles. The molecular weight excluding hydrogens is 521 g/mol. The van der Waals surface area contributed by atoms with Gasteiger partial charge in [0.2, 0.25) is 0 Å². The lowest BCUT2D eigenvalue weighted by molar-refractivity contribution is -0.189. The third kappa shape index (κ3) is 4.64. The minimum Gasteiger partial charge on any atom is -0.489 e. The van der Waals surface area contributed by atoms with Crippen LogP contribution in [-0.4, -0.2) is 43.7 Å². The Morgan fingerprint density at radius 3 is 2.72 bits per heavy atom. The van der Waals surface area contributed by atoms with Crippen LogP contribution in [0.2, 0.25) is 0 Å². The largest absolute Gasteiger partial charge is 0.491 e. The monoisotopic (exact) mass is 536 g/mol. The predicted octanol–water partition coefficient (Wildman–Crippen LogP) is 4.49. The van der Waals surface area contributed by atoms with Gasteiger partial charge in [0.25, 0.3) is 10.0 Å². The number of hydrogen-bond donors (Lipinski definition) is 1. The number of benzene rings is 2. The van der Waals surface area contributed by atoms with Crippen LogP contribution in [0.1, 0.15) is 0 Å². The van der Waals surface area contributed by atoms with E-state index in [1.807, 2.05) is 4.90 Å². The lowest BCUT2D eigenvalue weighted by Crippen LogP contribution is -2.29. The first kappa shape index (κ1) is 23.8. The van der Waals surface area contributed by atoms with E-state index >= 15 is 0 Å². The van der Waals surface area contributed by atoms with Crippen molar-refractivity contribution in [2.45, 2.75) is 11.1 Å². The highest BCUT2D eigenvalue weighted by molar-refractivity contribution is 7.93. The van der Waals surface area contributed by atoms with Gasteiger partial charge >= 0.3 is 12.1 Å². The molecule has 1 N–H and O–H groups in total. The fourth-order valence-corrected chi connectivity index (χ4v) is 5.43. The number of halogens is 3. The van der Waals surface area contributed by atoms with E-state index in [0.29, 0.717) is 34.6 Å². The van der Waals surface area contributed by atoms with E-state index in [-0.39, 0.29) is 22.4 Å². The number of para-hydroxylation sites is 1. The Balaban J connectivity index is 1.47. The Bertz CT molecular complexity index is 1560. The molecule has 0 spiro atoms. The fourth-order valence-electron chi connectivity index (χ4n) is 3.63. The van der Waals surface area contributed by atoms with Crippen LogP contribution in [0.5, 0.6) is 11.5 Å². The number of thiazole rings is 1. The van der Waals surface area contributed by atoms with Gasteiger partial charge in [-0.2, -0.15) is 13.2 Å². The minimum atomic E-state index is -5.13. The molecule has 14 heteroatoms. The Kier molecular flexibility index (Phi) is 5.92. The number of hydrogen-bond acceptors (Lipinski definition) is 9. The summed E-state index contributed by atoms with van der Waals surface area (Å²) in [5.74, 6) is -2.35. The summed E-state index contributed by atoms with van der Waals surface area (Å²) in [6.07, 6.45) is -2.61. The molecule has 0 saturated heterocycles. The van der Waals surface area contributed by atoms with Gasteiger partial charge < -0.3 is 14.4 Å². The number of aromatic nitrogens is 2. The normalized spacial score (nSPS) is 13.7. The summed E-state index contributed by atoms with van der Waals surface area (Å²) in [4.78, 5) is 21.2. The molecule has 1 aliphatic rings. The summed E-state index contributed by atoms with van der Waals surface area (Å²) in [5, 5.41) is 2.32. The number of nitrogens with zero attached hydrogens (tertiary/aromatic N) is 3. The van der Waals surface area contributed by atoms with Crippen molar-refractivity contribution in [2.24, 2.45) is 0 Å².